The molecule has 13 heavy (non-hydrogen) atoms. The van der Waals surface area contributed by atoms with Gasteiger partial charge in [0.05, 0.1) is 0 Å². The van der Waals surface area contributed by atoms with Crippen molar-refractivity contribution in [3.8, 4) is 0 Å². The third kappa shape index (κ3) is 2.61. The Kier molecular flexibility index (Phi) is 5.25. The molecule has 1 aliphatic heterocycles. The van der Waals surface area contributed by atoms with Gasteiger partial charge in [0, 0.05) is 0 Å². The Morgan fingerprint density at radius 3 is 1.69 bits per heavy atom. The van der Waals surface area contributed by atoms with Gasteiger partial charge in [-0.1, -0.05) is 0 Å². The number of rotatable bonds is 1. The van der Waals surface area contributed by atoms with E-state index in [2.05, 4.69) is 0 Å². The SMILES string of the molecule is O.O.O=CC1C(=O)NC(=O)NC1=O. The molecule has 0 aromatic heterocycles. The van der Waals surface area contributed by atoms with Crippen LogP contribution in [0, 0.1) is 5.92 Å². The highest BCUT2D eigenvalue weighted by Gasteiger charge is 2.33. The van der Waals surface area contributed by atoms with E-state index in [1.807, 2.05) is 0 Å². The van der Waals surface area contributed by atoms with Gasteiger partial charge in [-0.25, -0.2) is 4.79 Å². The van der Waals surface area contributed by atoms with Crippen LogP contribution in [0.3, 0.4) is 0 Å². The van der Waals surface area contributed by atoms with Crippen molar-refractivity contribution in [1.82, 2.24) is 10.6 Å². The molecule has 1 saturated heterocycles. The quantitative estimate of drug-likeness (QED) is 0.326. The highest BCUT2D eigenvalue weighted by atomic mass is 16.2. The lowest BCUT2D eigenvalue weighted by Gasteiger charge is -2.15. The van der Waals surface area contributed by atoms with Crippen LogP contribution in [-0.4, -0.2) is 35.1 Å². The standard InChI is InChI=1S/C5H4N2O4.2H2O/c8-1-2-3(9)6-5(11)7-4(2)10;;/h1-2H,(H2,6,7,9,10,11);2*1H2. The van der Waals surface area contributed by atoms with Crippen LogP contribution in [0.25, 0.3) is 0 Å². The van der Waals surface area contributed by atoms with E-state index in [-0.39, 0.29) is 17.2 Å². The number of amides is 4. The Bertz CT molecular complexity index is 229. The summed E-state index contributed by atoms with van der Waals surface area (Å²) in [6, 6.07) is -0.891. The summed E-state index contributed by atoms with van der Waals surface area (Å²) in [5, 5.41) is 3.54. The molecule has 0 spiro atoms. The van der Waals surface area contributed by atoms with E-state index in [1.54, 1.807) is 10.6 Å². The van der Waals surface area contributed by atoms with Gasteiger partial charge in [-0.2, -0.15) is 0 Å². The molecule has 8 nitrogen and oxygen atoms in total. The molecule has 0 bridgehead atoms. The first-order valence-electron chi connectivity index (χ1n) is 2.76. The van der Waals surface area contributed by atoms with Gasteiger partial charge < -0.3 is 15.7 Å². The van der Waals surface area contributed by atoms with E-state index in [9.17, 15) is 19.2 Å². The first kappa shape index (κ1) is 13.8. The fourth-order valence-electron chi connectivity index (χ4n) is 0.653. The Labute approximate surface area is 71.9 Å². The predicted octanol–water partition coefficient (Wildman–Crippen LogP) is -3.48. The maximum atomic E-state index is 10.6. The van der Waals surface area contributed by atoms with Crippen molar-refractivity contribution in [3.63, 3.8) is 0 Å². The van der Waals surface area contributed by atoms with Crippen molar-refractivity contribution in [2.75, 3.05) is 0 Å². The first-order chi connectivity index (χ1) is 5.15. The van der Waals surface area contributed by atoms with Crippen LogP contribution in [0.5, 0.6) is 0 Å². The van der Waals surface area contributed by atoms with E-state index in [4.69, 9.17) is 0 Å². The van der Waals surface area contributed by atoms with Gasteiger partial charge in [-0.3, -0.25) is 20.2 Å². The molecule has 1 aliphatic rings. The number of hydrogen-bond acceptors (Lipinski definition) is 4. The zero-order chi connectivity index (χ0) is 8.43. The summed E-state index contributed by atoms with van der Waals surface area (Å²) < 4.78 is 0. The molecule has 1 heterocycles. The second-order valence-corrected chi connectivity index (χ2v) is 1.92. The Balaban J connectivity index is 0. The molecule has 4 amide bonds. The summed E-state index contributed by atoms with van der Waals surface area (Å²) in [6.07, 6.45) is 0.178. The van der Waals surface area contributed by atoms with Crippen LogP contribution >= 0.6 is 0 Å². The Hall–Kier alpha value is -1.80. The number of aldehydes is 1. The highest BCUT2D eigenvalue weighted by molar-refractivity contribution is 6.22. The van der Waals surface area contributed by atoms with Gasteiger partial charge in [0.2, 0.25) is 11.8 Å². The average molecular weight is 192 g/mol. The lowest BCUT2D eigenvalue weighted by Crippen LogP contribution is -2.56. The molecule has 8 heteroatoms. The molecule has 0 saturated carbocycles. The second kappa shape index (κ2) is 4.95. The fraction of sp³-hybridized carbons (Fsp3) is 0.200. The third-order valence-electron chi connectivity index (χ3n) is 1.17. The minimum atomic E-state index is -1.40. The summed E-state index contributed by atoms with van der Waals surface area (Å²) in [7, 11) is 0. The number of imide groups is 2. The largest absolute Gasteiger partial charge is 0.412 e. The summed E-state index contributed by atoms with van der Waals surface area (Å²) in [6.45, 7) is 0. The van der Waals surface area contributed by atoms with Crippen molar-refractivity contribution in [2.45, 2.75) is 0 Å². The van der Waals surface area contributed by atoms with Crippen molar-refractivity contribution in [1.29, 1.82) is 0 Å². The molecule has 0 unspecified atom stereocenters. The lowest BCUT2D eigenvalue weighted by atomic mass is 10.1. The highest BCUT2D eigenvalue weighted by Crippen LogP contribution is 1.96. The molecular weight excluding hydrogens is 184 g/mol. The zero-order valence-electron chi connectivity index (χ0n) is 6.29. The van der Waals surface area contributed by atoms with Crippen LogP contribution < -0.4 is 10.6 Å². The molecule has 1 fully saturated rings. The van der Waals surface area contributed by atoms with Gasteiger partial charge in [0.1, 0.15) is 6.29 Å². The van der Waals surface area contributed by atoms with Gasteiger partial charge in [0.25, 0.3) is 0 Å². The zero-order valence-corrected chi connectivity index (χ0v) is 6.29. The van der Waals surface area contributed by atoms with Crippen molar-refractivity contribution < 1.29 is 30.1 Å². The van der Waals surface area contributed by atoms with E-state index in [0.717, 1.165) is 0 Å². The molecule has 1 rings (SSSR count). The smallest absolute Gasteiger partial charge is 0.328 e. The summed E-state index contributed by atoms with van der Waals surface area (Å²) in [4.78, 5) is 41.7. The number of carbonyl (C=O) groups excluding carboxylic acids is 4. The topological polar surface area (TPSA) is 155 Å². The Morgan fingerprint density at radius 2 is 1.38 bits per heavy atom. The minimum Gasteiger partial charge on any atom is -0.412 e. The van der Waals surface area contributed by atoms with Crippen LogP contribution in [0.1, 0.15) is 0 Å². The first-order valence-corrected chi connectivity index (χ1v) is 2.76. The van der Waals surface area contributed by atoms with E-state index < -0.39 is 23.8 Å². The number of barbiturate groups is 1. The summed E-state index contributed by atoms with van der Waals surface area (Å²) >= 11 is 0. The normalized spacial score (nSPS) is 16.2. The predicted molar refractivity (Wildman–Crippen MR) is 38.5 cm³/mol. The van der Waals surface area contributed by atoms with E-state index in [0.29, 0.717) is 0 Å². The van der Waals surface area contributed by atoms with E-state index in [1.165, 1.54) is 0 Å². The molecule has 0 aromatic carbocycles. The Morgan fingerprint density at radius 1 is 1.00 bits per heavy atom. The second-order valence-electron chi connectivity index (χ2n) is 1.92. The maximum absolute atomic E-state index is 10.6. The van der Waals surface area contributed by atoms with Crippen LogP contribution in [0.2, 0.25) is 0 Å². The number of nitrogens with one attached hydrogen (secondary N) is 2. The monoisotopic (exact) mass is 192 g/mol. The van der Waals surface area contributed by atoms with Crippen molar-refractivity contribution in [2.24, 2.45) is 5.92 Å². The number of carbonyl (C=O) groups is 4. The number of urea groups is 1. The minimum absolute atomic E-state index is 0. The third-order valence-corrected chi connectivity index (χ3v) is 1.17. The lowest BCUT2D eigenvalue weighted by molar-refractivity contribution is -0.138. The van der Waals surface area contributed by atoms with Gasteiger partial charge in [-0.05, 0) is 0 Å². The van der Waals surface area contributed by atoms with Crippen molar-refractivity contribution in [3.05, 3.63) is 0 Å². The van der Waals surface area contributed by atoms with Gasteiger partial charge in [0.15, 0.2) is 5.92 Å². The average Bonchev–Trinajstić information content (AvgIpc) is 1.85. The molecule has 0 aliphatic carbocycles. The van der Waals surface area contributed by atoms with Crippen molar-refractivity contribution >= 4 is 24.1 Å². The number of hydrogen-bond donors (Lipinski definition) is 2. The molecule has 6 N–H and O–H groups in total. The molecule has 74 valence electrons. The summed E-state index contributed by atoms with van der Waals surface area (Å²) in [5.74, 6) is -3.16. The fourth-order valence-corrected chi connectivity index (χ4v) is 0.653. The van der Waals surface area contributed by atoms with E-state index >= 15 is 0 Å². The van der Waals surface area contributed by atoms with Crippen LogP contribution in [0.4, 0.5) is 4.79 Å². The van der Waals surface area contributed by atoms with Crippen LogP contribution in [0.15, 0.2) is 0 Å². The van der Waals surface area contributed by atoms with Gasteiger partial charge in [-0.15, -0.1) is 0 Å². The van der Waals surface area contributed by atoms with Crippen LogP contribution in [-0.2, 0) is 14.4 Å². The molecule has 0 atom stereocenters. The molecule has 0 aromatic rings. The molecule has 0 radical (unpaired) electrons. The maximum Gasteiger partial charge on any atom is 0.328 e. The molecular formula is C5H8N2O6. The van der Waals surface area contributed by atoms with Gasteiger partial charge >= 0.3 is 6.03 Å². The summed E-state index contributed by atoms with van der Waals surface area (Å²) in [5.41, 5.74) is 0.